The molecule has 0 aromatic rings. The zero-order valence-electron chi connectivity index (χ0n) is 8.00. The Labute approximate surface area is 75.1 Å². The summed E-state index contributed by atoms with van der Waals surface area (Å²) in [6.07, 6.45) is 7.53. The van der Waals surface area contributed by atoms with E-state index in [1.54, 1.807) is 0 Å². The van der Waals surface area contributed by atoms with Crippen LogP contribution in [0, 0.1) is 11.8 Å². The number of nitrogens with zero attached hydrogens (tertiary/aromatic N) is 1. The van der Waals surface area contributed by atoms with Gasteiger partial charge in [0, 0.05) is 12.1 Å². The quantitative estimate of drug-likeness (QED) is 0.532. The van der Waals surface area contributed by atoms with E-state index in [9.17, 15) is 0 Å². The first-order valence-corrected chi connectivity index (χ1v) is 5.62. The highest BCUT2D eigenvalue weighted by molar-refractivity contribution is 5.02. The van der Waals surface area contributed by atoms with E-state index in [0.717, 1.165) is 23.9 Å². The molecule has 0 unspecified atom stereocenters. The van der Waals surface area contributed by atoms with E-state index < -0.39 is 0 Å². The van der Waals surface area contributed by atoms with Gasteiger partial charge in [-0.2, -0.15) is 0 Å². The first-order chi connectivity index (χ1) is 5.86. The molecule has 0 amide bonds. The fraction of sp³-hybridized carbons (Fsp3) is 1.00. The molecule has 0 bridgehead atoms. The number of hydrogen-bond acceptors (Lipinski definition) is 1. The number of rotatable bonds is 0. The molecule has 1 saturated carbocycles. The summed E-state index contributed by atoms with van der Waals surface area (Å²) < 4.78 is 0. The normalized spacial score (nSPS) is 52.8. The van der Waals surface area contributed by atoms with Crippen LogP contribution < -0.4 is 0 Å². The van der Waals surface area contributed by atoms with Crippen molar-refractivity contribution in [2.45, 2.75) is 51.1 Å². The zero-order valence-corrected chi connectivity index (χ0v) is 8.00. The highest BCUT2D eigenvalue weighted by Gasteiger charge is 2.48. The lowest BCUT2D eigenvalue weighted by Crippen LogP contribution is -2.35. The van der Waals surface area contributed by atoms with Gasteiger partial charge < -0.3 is 0 Å². The fourth-order valence-corrected chi connectivity index (χ4v) is 3.99. The largest absolute Gasteiger partial charge is 0.297 e. The van der Waals surface area contributed by atoms with Crippen LogP contribution in [-0.4, -0.2) is 23.5 Å². The van der Waals surface area contributed by atoms with Crippen molar-refractivity contribution in [2.75, 3.05) is 6.54 Å². The van der Waals surface area contributed by atoms with E-state index >= 15 is 0 Å². The Morgan fingerprint density at radius 3 is 3.00 bits per heavy atom. The van der Waals surface area contributed by atoms with Gasteiger partial charge >= 0.3 is 0 Å². The number of hydrogen-bond donors (Lipinski definition) is 0. The molecule has 3 rings (SSSR count). The summed E-state index contributed by atoms with van der Waals surface area (Å²) in [5, 5.41) is 0. The summed E-state index contributed by atoms with van der Waals surface area (Å²) in [6.45, 7) is 3.88. The predicted molar refractivity (Wildman–Crippen MR) is 50.0 cm³/mol. The predicted octanol–water partition coefficient (Wildman–Crippen LogP) is 2.27. The summed E-state index contributed by atoms with van der Waals surface area (Å²) in [5.74, 6) is 2.09. The van der Waals surface area contributed by atoms with Gasteiger partial charge in [0.15, 0.2) is 0 Å². The van der Waals surface area contributed by atoms with Crippen molar-refractivity contribution >= 4 is 0 Å². The van der Waals surface area contributed by atoms with Crippen LogP contribution in [0.3, 0.4) is 0 Å². The molecule has 3 aliphatic rings. The summed E-state index contributed by atoms with van der Waals surface area (Å²) >= 11 is 0. The summed E-state index contributed by atoms with van der Waals surface area (Å²) in [7, 11) is 0. The van der Waals surface area contributed by atoms with Crippen molar-refractivity contribution < 1.29 is 0 Å². The third kappa shape index (κ3) is 0.834. The minimum absolute atomic E-state index is 0.998. The second kappa shape index (κ2) is 2.47. The molecule has 12 heavy (non-hydrogen) atoms. The van der Waals surface area contributed by atoms with Gasteiger partial charge in [-0.1, -0.05) is 6.92 Å². The second-order valence-corrected chi connectivity index (χ2v) is 5.07. The molecular formula is C11H19N. The van der Waals surface area contributed by atoms with Gasteiger partial charge in [-0.3, -0.25) is 4.90 Å². The highest BCUT2D eigenvalue weighted by Crippen LogP contribution is 2.47. The Morgan fingerprint density at radius 2 is 2.08 bits per heavy atom. The minimum Gasteiger partial charge on any atom is -0.297 e. The molecule has 2 saturated heterocycles. The number of fused-ring (bicyclic) bond motifs is 3. The van der Waals surface area contributed by atoms with Crippen molar-refractivity contribution in [3.63, 3.8) is 0 Å². The molecule has 0 aromatic carbocycles. The molecule has 1 nitrogen and oxygen atoms in total. The molecule has 0 N–H and O–H groups in total. The van der Waals surface area contributed by atoms with Crippen LogP contribution in [0.2, 0.25) is 0 Å². The Morgan fingerprint density at radius 1 is 1.17 bits per heavy atom. The van der Waals surface area contributed by atoms with Crippen LogP contribution in [0.1, 0.15) is 39.0 Å². The zero-order chi connectivity index (χ0) is 8.13. The molecule has 0 aromatic heterocycles. The lowest BCUT2D eigenvalue weighted by atomic mass is 9.98. The van der Waals surface area contributed by atoms with Crippen LogP contribution in [0.25, 0.3) is 0 Å². The maximum Gasteiger partial charge on any atom is 0.0153 e. The van der Waals surface area contributed by atoms with Gasteiger partial charge in [-0.15, -0.1) is 0 Å². The third-order valence-electron chi connectivity index (χ3n) is 4.44. The maximum atomic E-state index is 2.84. The molecule has 4 atom stereocenters. The molecule has 0 radical (unpaired) electrons. The van der Waals surface area contributed by atoms with Crippen LogP contribution in [-0.2, 0) is 0 Å². The SMILES string of the molecule is C[C@@H]1CC[C@@H]2C[C@@H]3CCCN3[C@@H]21. The van der Waals surface area contributed by atoms with E-state index in [0.29, 0.717) is 0 Å². The van der Waals surface area contributed by atoms with Gasteiger partial charge in [0.1, 0.15) is 0 Å². The lowest BCUT2D eigenvalue weighted by Gasteiger charge is -2.26. The third-order valence-corrected chi connectivity index (χ3v) is 4.44. The molecule has 1 heteroatoms. The van der Waals surface area contributed by atoms with E-state index in [1.165, 1.54) is 38.6 Å². The Hall–Kier alpha value is -0.0400. The standard InChI is InChI=1S/C11H19N/c1-8-4-5-9-7-10-3-2-6-12(10)11(8)9/h8-11H,2-7H2,1H3/t8-,9-,10+,11-/m1/s1. The average Bonchev–Trinajstić information content (AvgIpc) is 2.61. The van der Waals surface area contributed by atoms with E-state index in [2.05, 4.69) is 11.8 Å². The minimum atomic E-state index is 0.998. The smallest absolute Gasteiger partial charge is 0.0153 e. The lowest BCUT2D eigenvalue weighted by molar-refractivity contribution is 0.198. The highest BCUT2D eigenvalue weighted by atomic mass is 15.2. The molecule has 68 valence electrons. The molecule has 2 heterocycles. The van der Waals surface area contributed by atoms with Crippen molar-refractivity contribution in [2.24, 2.45) is 11.8 Å². The van der Waals surface area contributed by atoms with Gasteiger partial charge in [-0.05, 0) is 50.5 Å². The molecule has 2 aliphatic heterocycles. The van der Waals surface area contributed by atoms with Crippen LogP contribution in [0.4, 0.5) is 0 Å². The Kier molecular flexibility index (Phi) is 1.52. The Bertz CT molecular complexity index is 189. The van der Waals surface area contributed by atoms with Crippen molar-refractivity contribution in [3.8, 4) is 0 Å². The summed E-state index contributed by atoms with van der Waals surface area (Å²) in [6, 6.07) is 2.00. The van der Waals surface area contributed by atoms with Crippen LogP contribution in [0.5, 0.6) is 0 Å². The summed E-state index contributed by atoms with van der Waals surface area (Å²) in [4.78, 5) is 2.84. The average molecular weight is 165 g/mol. The van der Waals surface area contributed by atoms with Crippen LogP contribution >= 0.6 is 0 Å². The van der Waals surface area contributed by atoms with Gasteiger partial charge in [0.05, 0.1) is 0 Å². The monoisotopic (exact) mass is 165 g/mol. The first-order valence-electron chi connectivity index (χ1n) is 5.62. The van der Waals surface area contributed by atoms with Gasteiger partial charge in [-0.25, -0.2) is 0 Å². The van der Waals surface area contributed by atoms with Crippen molar-refractivity contribution in [1.82, 2.24) is 4.90 Å². The molecular weight excluding hydrogens is 146 g/mol. The molecule has 1 aliphatic carbocycles. The van der Waals surface area contributed by atoms with E-state index in [4.69, 9.17) is 0 Å². The van der Waals surface area contributed by atoms with Gasteiger partial charge in [0.25, 0.3) is 0 Å². The van der Waals surface area contributed by atoms with E-state index in [1.807, 2.05) is 0 Å². The summed E-state index contributed by atoms with van der Waals surface area (Å²) in [5.41, 5.74) is 0. The first kappa shape index (κ1) is 7.37. The topological polar surface area (TPSA) is 3.24 Å². The molecule has 3 fully saturated rings. The van der Waals surface area contributed by atoms with Gasteiger partial charge in [0.2, 0.25) is 0 Å². The molecule has 0 spiro atoms. The van der Waals surface area contributed by atoms with E-state index in [-0.39, 0.29) is 0 Å². The van der Waals surface area contributed by atoms with Crippen molar-refractivity contribution in [1.29, 1.82) is 0 Å². The Balaban J connectivity index is 1.85. The maximum absolute atomic E-state index is 2.84. The van der Waals surface area contributed by atoms with Crippen molar-refractivity contribution in [3.05, 3.63) is 0 Å². The fourth-order valence-electron chi connectivity index (χ4n) is 3.99. The second-order valence-electron chi connectivity index (χ2n) is 5.07. The van der Waals surface area contributed by atoms with Crippen LogP contribution in [0.15, 0.2) is 0 Å².